The highest BCUT2D eigenvalue weighted by molar-refractivity contribution is 5.52. The third-order valence-corrected chi connectivity index (χ3v) is 5.71. The molecule has 3 N–H and O–H groups in total. The molecule has 1 aliphatic rings. The fraction of sp³-hybridized carbons (Fsp3) is 0.567. The molecule has 1 saturated carbocycles. The highest BCUT2D eigenvalue weighted by Gasteiger charge is 2.08. The van der Waals surface area contributed by atoms with Crippen LogP contribution in [0.4, 0.5) is 0 Å². The molecule has 3 heteroatoms. The van der Waals surface area contributed by atoms with Gasteiger partial charge in [-0.25, -0.2) is 0 Å². The maximum Gasteiger partial charge on any atom is 0.122 e. The van der Waals surface area contributed by atoms with E-state index < -0.39 is 0 Å². The lowest BCUT2D eigenvalue weighted by molar-refractivity contribution is -0.110. The molecule has 1 fully saturated rings. The van der Waals surface area contributed by atoms with Crippen molar-refractivity contribution in [3.8, 4) is 5.75 Å². The van der Waals surface area contributed by atoms with Gasteiger partial charge in [0.25, 0.3) is 0 Å². The van der Waals surface area contributed by atoms with Crippen molar-refractivity contribution in [1.82, 2.24) is 0 Å². The first kappa shape index (κ1) is 30.7. The molecule has 33 heavy (non-hydrogen) atoms. The Bertz CT molecular complexity index is 646. The minimum atomic E-state index is 0.275. The number of benzene rings is 1. The van der Waals surface area contributed by atoms with Gasteiger partial charge in [0.15, 0.2) is 0 Å². The zero-order valence-electron chi connectivity index (χ0n) is 21.6. The molecule has 0 aliphatic heterocycles. The second-order valence-corrected chi connectivity index (χ2v) is 9.10. The minimum absolute atomic E-state index is 0.275. The van der Waals surface area contributed by atoms with Crippen LogP contribution < -0.4 is 5.73 Å². The van der Waals surface area contributed by atoms with Crippen LogP contribution in [0.1, 0.15) is 97.0 Å². The van der Waals surface area contributed by atoms with E-state index in [1.807, 2.05) is 51.1 Å². The van der Waals surface area contributed by atoms with Gasteiger partial charge < -0.3 is 15.6 Å². The summed E-state index contributed by atoms with van der Waals surface area (Å²) in [6.45, 7) is 8.17. The van der Waals surface area contributed by atoms with Crippen molar-refractivity contribution in [2.24, 2.45) is 17.6 Å². The van der Waals surface area contributed by atoms with Gasteiger partial charge in [0.1, 0.15) is 12.0 Å². The number of aryl methyl sites for hydroxylation is 1. The van der Waals surface area contributed by atoms with E-state index >= 15 is 0 Å². The number of hydrogen-bond acceptors (Lipinski definition) is 3. The number of rotatable bonds is 10. The average molecular weight is 456 g/mol. The molecule has 1 aliphatic carbocycles. The van der Waals surface area contributed by atoms with Gasteiger partial charge in [-0.1, -0.05) is 101 Å². The van der Waals surface area contributed by atoms with E-state index in [1.165, 1.54) is 69.8 Å². The molecular weight excluding hydrogens is 406 g/mol. The highest BCUT2D eigenvalue weighted by Crippen LogP contribution is 2.24. The van der Waals surface area contributed by atoms with Gasteiger partial charge in [-0.2, -0.15) is 0 Å². The molecule has 1 aromatic carbocycles. The summed E-state index contributed by atoms with van der Waals surface area (Å²) in [5.41, 5.74) is 7.73. The van der Waals surface area contributed by atoms with E-state index in [0.717, 1.165) is 24.3 Å². The summed E-state index contributed by atoms with van der Waals surface area (Å²) in [6, 6.07) is 7.09. The van der Waals surface area contributed by atoms with Gasteiger partial charge >= 0.3 is 0 Å². The fourth-order valence-corrected chi connectivity index (χ4v) is 3.58. The van der Waals surface area contributed by atoms with Crippen molar-refractivity contribution in [3.63, 3.8) is 0 Å². The van der Waals surface area contributed by atoms with Gasteiger partial charge in [0, 0.05) is 11.6 Å². The van der Waals surface area contributed by atoms with Gasteiger partial charge in [0.05, 0.1) is 0 Å². The Balaban J connectivity index is 0.000000484. The molecular formula is C30H49NO2. The van der Waals surface area contributed by atoms with Crippen molar-refractivity contribution in [3.05, 3.63) is 65.9 Å². The van der Waals surface area contributed by atoms with Crippen molar-refractivity contribution < 1.29 is 9.90 Å². The number of hydrogen-bond donors (Lipinski definition) is 2. The van der Waals surface area contributed by atoms with E-state index in [2.05, 4.69) is 19.1 Å². The van der Waals surface area contributed by atoms with Crippen molar-refractivity contribution >= 4 is 6.29 Å². The lowest BCUT2D eigenvalue weighted by atomic mass is 9.89. The molecule has 0 radical (unpaired) electrons. The second-order valence-electron chi connectivity index (χ2n) is 9.10. The molecule has 3 nitrogen and oxygen atoms in total. The number of phenolic OH excluding ortho intramolecular Hbond substituents is 1. The molecule has 0 aromatic heterocycles. The average Bonchev–Trinajstić information content (AvgIpc) is 2.82. The molecule has 1 atom stereocenters. The standard InChI is InChI=1S/C13H21N.C10H20O.C7H8O/c1-2-7-13(14)11-6-10-12-8-4-3-5-9-12;1-3-4-5-6-7-8-10(2)9-11;1-6-2-4-7(8)5-3-6/h2,6-7,10-12H,3-5,8-9,14H2,1H3;9-10H,3-8H2,1-2H3;2-5,8H,1H3/b7-2-,10-6+,13-11+;;. The lowest BCUT2D eigenvalue weighted by Crippen LogP contribution is -2.02. The van der Waals surface area contributed by atoms with Crippen molar-refractivity contribution in [2.75, 3.05) is 0 Å². The first-order valence-electron chi connectivity index (χ1n) is 12.9. The predicted octanol–water partition coefficient (Wildman–Crippen LogP) is 8.42. The quantitative estimate of drug-likeness (QED) is 0.211. The van der Waals surface area contributed by atoms with Crippen molar-refractivity contribution in [1.29, 1.82) is 0 Å². The third kappa shape index (κ3) is 20.1. The van der Waals surface area contributed by atoms with Gasteiger partial charge in [-0.3, -0.25) is 0 Å². The largest absolute Gasteiger partial charge is 0.508 e. The van der Waals surface area contributed by atoms with Crippen LogP contribution in [0.5, 0.6) is 5.75 Å². The van der Waals surface area contributed by atoms with Crippen LogP contribution in [-0.2, 0) is 4.79 Å². The van der Waals surface area contributed by atoms with Crippen LogP contribution in [0.2, 0.25) is 0 Å². The Morgan fingerprint density at radius 1 is 1.09 bits per heavy atom. The summed E-state index contributed by atoms with van der Waals surface area (Å²) < 4.78 is 0. The fourth-order valence-electron chi connectivity index (χ4n) is 3.58. The third-order valence-electron chi connectivity index (χ3n) is 5.71. The number of carbonyl (C=O) groups is 1. The minimum Gasteiger partial charge on any atom is -0.508 e. The maximum absolute atomic E-state index is 10.2. The van der Waals surface area contributed by atoms with Crippen LogP contribution in [0.15, 0.2) is 60.3 Å². The molecule has 2 rings (SSSR count). The number of aromatic hydroxyl groups is 1. The van der Waals surface area contributed by atoms with Crippen molar-refractivity contribution in [2.45, 2.75) is 98.3 Å². The topological polar surface area (TPSA) is 63.3 Å². The van der Waals surface area contributed by atoms with Gasteiger partial charge in [0.2, 0.25) is 0 Å². The summed E-state index contributed by atoms with van der Waals surface area (Å²) in [5.74, 6) is 1.39. The number of unbranched alkanes of at least 4 members (excludes halogenated alkanes) is 4. The van der Waals surface area contributed by atoms with E-state index in [0.29, 0.717) is 5.75 Å². The van der Waals surface area contributed by atoms with Crippen LogP contribution >= 0.6 is 0 Å². The molecule has 0 heterocycles. The first-order valence-corrected chi connectivity index (χ1v) is 12.9. The zero-order chi connectivity index (χ0) is 24.7. The highest BCUT2D eigenvalue weighted by atomic mass is 16.3. The molecule has 1 aromatic rings. The van der Waals surface area contributed by atoms with Crippen LogP contribution in [0.3, 0.4) is 0 Å². The monoisotopic (exact) mass is 455 g/mol. The molecule has 0 spiro atoms. The molecule has 0 bridgehead atoms. The summed E-state index contributed by atoms with van der Waals surface area (Å²) in [4.78, 5) is 10.2. The number of nitrogens with two attached hydrogens (primary N) is 1. The summed E-state index contributed by atoms with van der Waals surface area (Å²) in [5, 5.41) is 8.76. The smallest absolute Gasteiger partial charge is 0.122 e. The van der Waals surface area contributed by atoms with E-state index in [4.69, 9.17) is 10.8 Å². The summed E-state index contributed by atoms with van der Waals surface area (Å²) in [7, 11) is 0. The normalized spacial score (nSPS) is 15.5. The number of aldehydes is 1. The first-order chi connectivity index (χ1) is 15.9. The van der Waals surface area contributed by atoms with E-state index in [9.17, 15) is 4.79 Å². The van der Waals surface area contributed by atoms with Crippen LogP contribution in [0, 0.1) is 18.8 Å². The summed E-state index contributed by atoms with van der Waals surface area (Å²) >= 11 is 0. The maximum atomic E-state index is 10.2. The lowest BCUT2D eigenvalue weighted by Gasteiger charge is -2.17. The Labute approximate surface area is 203 Å². The van der Waals surface area contributed by atoms with Gasteiger partial charge in [-0.15, -0.1) is 0 Å². The van der Waals surface area contributed by atoms with Gasteiger partial charge in [-0.05, 0) is 63.3 Å². The Morgan fingerprint density at radius 3 is 2.27 bits per heavy atom. The second kappa shape index (κ2) is 21.6. The molecule has 186 valence electrons. The van der Waals surface area contributed by atoms with Crippen LogP contribution in [-0.4, -0.2) is 11.4 Å². The number of phenols is 1. The number of carbonyl (C=O) groups excluding carboxylic acids is 1. The Morgan fingerprint density at radius 2 is 1.73 bits per heavy atom. The summed E-state index contributed by atoms with van der Waals surface area (Å²) in [6.07, 6.45) is 25.8. The molecule has 1 unspecified atom stereocenters. The molecule has 0 amide bonds. The predicted molar refractivity (Wildman–Crippen MR) is 144 cm³/mol. The SMILES string of the molecule is CCCCCCCC(C)C=O.C\C=C/C(N)=C\C=C\C1CCCCC1.Cc1ccc(O)cc1. The number of allylic oxidation sites excluding steroid dienone is 5. The van der Waals surface area contributed by atoms with E-state index in [1.54, 1.807) is 12.1 Å². The van der Waals surface area contributed by atoms with E-state index in [-0.39, 0.29) is 5.92 Å². The Kier molecular flexibility index (Phi) is 20.1. The zero-order valence-corrected chi connectivity index (χ0v) is 21.6. The van der Waals surface area contributed by atoms with Crippen LogP contribution in [0.25, 0.3) is 0 Å². The Hall–Kier alpha value is -2.29. The molecule has 0 saturated heterocycles.